The number of aryl methyl sites for hydroxylation is 1. The maximum atomic E-state index is 12.1. The number of aromatic nitrogens is 2. The second kappa shape index (κ2) is 6.67. The first-order chi connectivity index (χ1) is 9.97. The molecule has 0 aliphatic rings. The van der Waals surface area contributed by atoms with Gasteiger partial charge < -0.3 is 4.74 Å². The summed E-state index contributed by atoms with van der Waals surface area (Å²) in [6.07, 6.45) is -0.603. The van der Waals surface area contributed by atoms with Crippen LogP contribution in [0.15, 0.2) is 24.3 Å². The predicted molar refractivity (Wildman–Crippen MR) is 83.9 cm³/mol. The zero-order valence-corrected chi connectivity index (χ0v) is 13.4. The smallest absolute Gasteiger partial charge is 0.266 e. The molecule has 1 amide bonds. The SMILES string of the molecule is Cc1nsc(NC(=O)C(C)Oc2ccccc2C(C)C)n1. The molecular weight excluding hydrogens is 286 g/mol. The molecule has 1 unspecified atom stereocenters. The fraction of sp³-hybridized carbons (Fsp3) is 0.400. The molecule has 0 spiro atoms. The molecule has 1 aromatic carbocycles. The summed E-state index contributed by atoms with van der Waals surface area (Å²) in [5.41, 5.74) is 1.09. The minimum absolute atomic E-state index is 0.232. The summed E-state index contributed by atoms with van der Waals surface area (Å²) in [5.74, 6) is 1.49. The Balaban J connectivity index is 2.04. The summed E-state index contributed by atoms with van der Waals surface area (Å²) < 4.78 is 9.82. The van der Waals surface area contributed by atoms with E-state index in [2.05, 4.69) is 28.5 Å². The number of benzene rings is 1. The number of carbonyl (C=O) groups is 1. The topological polar surface area (TPSA) is 64.1 Å². The number of hydrogen-bond acceptors (Lipinski definition) is 5. The van der Waals surface area contributed by atoms with Gasteiger partial charge >= 0.3 is 0 Å². The van der Waals surface area contributed by atoms with E-state index in [0.717, 1.165) is 22.8 Å². The van der Waals surface area contributed by atoms with Crippen LogP contribution in [0.1, 0.15) is 38.1 Å². The molecule has 1 heterocycles. The minimum Gasteiger partial charge on any atom is -0.481 e. The van der Waals surface area contributed by atoms with Crippen LogP contribution in [0, 0.1) is 6.92 Å². The molecule has 0 aliphatic carbocycles. The Morgan fingerprint density at radius 3 is 2.62 bits per heavy atom. The van der Waals surface area contributed by atoms with Crippen LogP contribution in [0.25, 0.3) is 0 Å². The number of nitrogens with one attached hydrogen (secondary N) is 1. The molecule has 112 valence electrons. The third kappa shape index (κ3) is 4.01. The van der Waals surface area contributed by atoms with Gasteiger partial charge in [-0.2, -0.15) is 4.37 Å². The van der Waals surface area contributed by atoms with Gasteiger partial charge in [0.05, 0.1) is 0 Å². The molecule has 21 heavy (non-hydrogen) atoms. The van der Waals surface area contributed by atoms with Crippen LogP contribution in [0.5, 0.6) is 5.75 Å². The van der Waals surface area contributed by atoms with Crippen LogP contribution >= 0.6 is 11.5 Å². The third-order valence-electron chi connectivity index (χ3n) is 2.97. The van der Waals surface area contributed by atoms with Crippen LogP contribution in [-0.4, -0.2) is 21.4 Å². The van der Waals surface area contributed by atoms with Gasteiger partial charge in [-0.15, -0.1) is 0 Å². The number of amides is 1. The van der Waals surface area contributed by atoms with Crippen molar-refractivity contribution in [3.8, 4) is 5.75 Å². The Labute approximate surface area is 128 Å². The molecule has 6 heteroatoms. The van der Waals surface area contributed by atoms with Crippen molar-refractivity contribution in [1.29, 1.82) is 0 Å². The fourth-order valence-electron chi connectivity index (χ4n) is 1.86. The van der Waals surface area contributed by atoms with E-state index in [1.54, 1.807) is 13.8 Å². The molecule has 5 nitrogen and oxygen atoms in total. The molecule has 0 saturated carbocycles. The molecule has 0 radical (unpaired) electrons. The van der Waals surface area contributed by atoms with E-state index in [-0.39, 0.29) is 5.91 Å². The Morgan fingerprint density at radius 2 is 2.00 bits per heavy atom. The average Bonchev–Trinajstić information content (AvgIpc) is 2.84. The Morgan fingerprint density at radius 1 is 1.29 bits per heavy atom. The largest absolute Gasteiger partial charge is 0.481 e. The lowest BCUT2D eigenvalue weighted by Gasteiger charge is -2.18. The molecule has 0 aliphatic heterocycles. The monoisotopic (exact) mass is 305 g/mol. The van der Waals surface area contributed by atoms with Gasteiger partial charge in [0.25, 0.3) is 5.91 Å². The minimum atomic E-state index is -0.603. The lowest BCUT2D eigenvalue weighted by Crippen LogP contribution is -2.30. The second-order valence-corrected chi connectivity index (χ2v) is 5.84. The molecular formula is C15H19N3O2S. The number of nitrogens with zero attached hydrogens (tertiary/aromatic N) is 2. The van der Waals surface area contributed by atoms with E-state index in [1.807, 2.05) is 24.3 Å². The molecule has 1 aromatic heterocycles. The Kier molecular flexibility index (Phi) is 4.90. The van der Waals surface area contributed by atoms with Gasteiger partial charge in [0.1, 0.15) is 11.6 Å². The Hall–Kier alpha value is -1.95. The highest BCUT2D eigenvalue weighted by Gasteiger charge is 2.18. The van der Waals surface area contributed by atoms with Crippen LogP contribution < -0.4 is 10.1 Å². The van der Waals surface area contributed by atoms with E-state index in [9.17, 15) is 4.79 Å². The summed E-state index contributed by atoms with van der Waals surface area (Å²) in [6.45, 7) is 7.69. The lowest BCUT2D eigenvalue weighted by atomic mass is 10.0. The Bertz CT molecular complexity index is 625. The molecule has 2 aromatic rings. The van der Waals surface area contributed by atoms with Crippen LogP contribution in [0.2, 0.25) is 0 Å². The van der Waals surface area contributed by atoms with E-state index in [1.165, 1.54) is 0 Å². The van der Waals surface area contributed by atoms with E-state index < -0.39 is 6.10 Å². The van der Waals surface area contributed by atoms with Gasteiger partial charge in [-0.3, -0.25) is 10.1 Å². The molecule has 0 fully saturated rings. The van der Waals surface area contributed by atoms with E-state index in [4.69, 9.17) is 4.74 Å². The number of carbonyl (C=O) groups excluding carboxylic acids is 1. The first-order valence-corrected chi connectivity index (χ1v) is 7.61. The fourth-order valence-corrected chi connectivity index (χ4v) is 2.44. The quantitative estimate of drug-likeness (QED) is 0.920. The lowest BCUT2D eigenvalue weighted by molar-refractivity contribution is -0.122. The first kappa shape index (κ1) is 15.4. The summed E-state index contributed by atoms with van der Waals surface area (Å²) in [4.78, 5) is 16.2. The number of anilines is 1. The van der Waals surface area contributed by atoms with Gasteiger partial charge in [-0.1, -0.05) is 32.0 Å². The number of hydrogen-bond donors (Lipinski definition) is 1. The van der Waals surface area contributed by atoms with Crippen molar-refractivity contribution in [2.24, 2.45) is 0 Å². The van der Waals surface area contributed by atoms with Gasteiger partial charge in [-0.25, -0.2) is 4.98 Å². The highest BCUT2D eigenvalue weighted by Crippen LogP contribution is 2.26. The molecule has 1 N–H and O–H groups in total. The molecule has 0 bridgehead atoms. The first-order valence-electron chi connectivity index (χ1n) is 6.84. The predicted octanol–water partition coefficient (Wildman–Crippen LogP) is 3.38. The number of para-hydroxylation sites is 1. The maximum absolute atomic E-state index is 12.1. The standard InChI is InChI=1S/C15H19N3O2S/c1-9(2)12-7-5-6-8-13(12)20-10(3)14(19)17-15-16-11(4)18-21-15/h5-10H,1-4H3,(H,16,17,18,19). The zero-order valence-electron chi connectivity index (χ0n) is 12.6. The van der Waals surface area contributed by atoms with Gasteiger partial charge in [0.2, 0.25) is 5.13 Å². The van der Waals surface area contributed by atoms with Crippen LogP contribution in [0.4, 0.5) is 5.13 Å². The third-order valence-corrected chi connectivity index (χ3v) is 3.69. The second-order valence-electron chi connectivity index (χ2n) is 5.09. The van der Waals surface area contributed by atoms with E-state index >= 15 is 0 Å². The van der Waals surface area contributed by atoms with Crippen molar-refractivity contribution in [1.82, 2.24) is 9.36 Å². The van der Waals surface area contributed by atoms with Crippen molar-refractivity contribution in [3.05, 3.63) is 35.7 Å². The van der Waals surface area contributed by atoms with Crippen molar-refractivity contribution in [2.75, 3.05) is 5.32 Å². The zero-order chi connectivity index (χ0) is 15.4. The van der Waals surface area contributed by atoms with Crippen molar-refractivity contribution in [2.45, 2.75) is 39.7 Å². The highest BCUT2D eigenvalue weighted by atomic mass is 32.1. The summed E-state index contributed by atoms with van der Waals surface area (Å²) in [7, 11) is 0. The summed E-state index contributed by atoms with van der Waals surface area (Å²) >= 11 is 1.16. The van der Waals surface area contributed by atoms with Crippen LogP contribution in [0.3, 0.4) is 0 Å². The number of rotatable bonds is 5. The number of ether oxygens (including phenoxy) is 1. The van der Waals surface area contributed by atoms with Crippen LogP contribution in [-0.2, 0) is 4.79 Å². The van der Waals surface area contributed by atoms with Crippen molar-refractivity contribution >= 4 is 22.6 Å². The van der Waals surface area contributed by atoms with Gasteiger partial charge in [0.15, 0.2) is 6.10 Å². The molecule has 2 rings (SSSR count). The maximum Gasteiger partial charge on any atom is 0.266 e. The summed E-state index contributed by atoms with van der Waals surface area (Å²) in [5, 5.41) is 3.20. The van der Waals surface area contributed by atoms with Crippen molar-refractivity contribution < 1.29 is 9.53 Å². The summed E-state index contributed by atoms with van der Waals surface area (Å²) in [6, 6.07) is 7.77. The molecule has 1 atom stereocenters. The van der Waals surface area contributed by atoms with Crippen molar-refractivity contribution in [3.63, 3.8) is 0 Å². The normalized spacial score (nSPS) is 12.2. The highest BCUT2D eigenvalue weighted by molar-refractivity contribution is 7.09. The molecule has 0 saturated heterocycles. The van der Waals surface area contributed by atoms with Gasteiger partial charge in [0, 0.05) is 11.5 Å². The van der Waals surface area contributed by atoms with E-state index in [0.29, 0.717) is 16.9 Å². The average molecular weight is 305 g/mol. The van der Waals surface area contributed by atoms with Gasteiger partial charge in [-0.05, 0) is 31.4 Å².